The Morgan fingerprint density at radius 3 is 3.17 bits per heavy atom. The Labute approximate surface area is 69.7 Å². The quantitative estimate of drug-likeness (QED) is 0.630. The zero-order valence-corrected chi connectivity index (χ0v) is 6.79. The van der Waals surface area contributed by atoms with Gasteiger partial charge in [0.2, 0.25) is 0 Å². The van der Waals surface area contributed by atoms with E-state index in [0.29, 0.717) is 0 Å². The second-order valence-corrected chi connectivity index (χ2v) is 2.67. The van der Waals surface area contributed by atoms with E-state index in [1.807, 2.05) is 11.3 Å². The van der Waals surface area contributed by atoms with Gasteiger partial charge < -0.3 is 4.40 Å². The fourth-order valence-corrected chi connectivity index (χ4v) is 1.29. The molecule has 0 aromatic carbocycles. The Kier molecular flexibility index (Phi) is 1.57. The minimum Gasteiger partial charge on any atom is -0.304 e. The van der Waals surface area contributed by atoms with Crippen molar-refractivity contribution in [2.45, 2.75) is 13.3 Å². The normalized spacial score (nSPS) is 10.8. The van der Waals surface area contributed by atoms with Crippen molar-refractivity contribution >= 4 is 5.52 Å². The van der Waals surface area contributed by atoms with Crippen molar-refractivity contribution in [2.75, 3.05) is 0 Å². The van der Waals surface area contributed by atoms with Gasteiger partial charge in [0.25, 0.3) is 0 Å². The highest BCUT2D eigenvalue weighted by molar-refractivity contribution is 5.45. The molecule has 0 N–H and O–H groups in total. The molecule has 0 aliphatic carbocycles. The van der Waals surface area contributed by atoms with Crippen molar-refractivity contribution in [3.05, 3.63) is 36.2 Å². The maximum absolute atomic E-state index is 12.7. The summed E-state index contributed by atoms with van der Waals surface area (Å²) in [5.74, 6) is 0.745. The number of hydrogen-bond acceptors (Lipinski definition) is 1. The lowest BCUT2D eigenvalue weighted by Crippen LogP contribution is -1.91. The van der Waals surface area contributed by atoms with Crippen LogP contribution in [0, 0.1) is 5.82 Å². The first-order valence-corrected chi connectivity index (χ1v) is 3.92. The van der Waals surface area contributed by atoms with E-state index in [1.54, 1.807) is 12.4 Å². The summed E-state index contributed by atoms with van der Waals surface area (Å²) in [5.41, 5.74) is 0.812. The molecule has 2 rings (SSSR count). The van der Waals surface area contributed by atoms with Crippen LogP contribution >= 0.6 is 0 Å². The number of pyridine rings is 1. The van der Waals surface area contributed by atoms with E-state index >= 15 is 0 Å². The minimum absolute atomic E-state index is 0.218. The van der Waals surface area contributed by atoms with Crippen LogP contribution in [0.15, 0.2) is 24.5 Å². The Hall–Kier alpha value is -1.38. The molecule has 3 heteroatoms. The van der Waals surface area contributed by atoms with E-state index in [4.69, 9.17) is 0 Å². The maximum atomic E-state index is 12.7. The molecule has 0 radical (unpaired) electrons. The summed E-state index contributed by atoms with van der Waals surface area (Å²) < 4.78 is 14.6. The number of hydrogen-bond donors (Lipinski definition) is 0. The summed E-state index contributed by atoms with van der Waals surface area (Å²) in [6, 6.07) is 2.92. The number of nitrogens with zero attached hydrogens (tertiary/aromatic N) is 2. The Balaban J connectivity index is 2.73. The monoisotopic (exact) mass is 164 g/mol. The number of aryl methyl sites for hydroxylation is 1. The molecule has 12 heavy (non-hydrogen) atoms. The number of halogens is 1. The van der Waals surface area contributed by atoms with Crippen molar-refractivity contribution in [2.24, 2.45) is 0 Å². The van der Waals surface area contributed by atoms with Crippen LogP contribution in [0.5, 0.6) is 0 Å². The zero-order chi connectivity index (χ0) is 8.55. The number of aromatic nitrogens is 2. The molecule has 62 valence electrons. The van der Waals surface area contributed by atoms with Gasteiger partial charge in [0, 0.05) is 12.6 Å². The molecule has 2 aromatic rings. The molecular formula is C9H9FN2. The predicted octanol–water partition coefficient (Wildman–Crippen LogP) is 2.04. The van der Waals surface area contributed by atoms with Gasteiger partial charge in [-0.2, -0.15) is 0 Å². The number of rotatable bonds is 1. The van der Waals surface area contributed by atoms with Gasteiger partial charge in [0.1, 0.15) is 11.6 Å². The van der Waals surface area contributed by atoms with Crippen molar-refractivity contribution < 1.29 is 4.39 Å². The molecule has 2 aromatic heterocycles. The van der Waals surface area contributed by atoms with E-state index in [2.05, 4.69) is 4.98 Å². The first-order valence-electron chi connectivity index (χ1n) is 3.92. The Morgan fingerprint density at radius 1 is 1.58 bits per heavy atom. The minimum atomic E-state index is -0.218. The summed E-state index contributed by atoms with van der Waals surface area (Å²) >= 11 is 0. The standard InChI is InChI=1S/C9H9FN2/c1-2-9-11-6-8-5-7(10)3-4-12(8)9/h3-6H,2H2,1H3. The summed E-state index contributed by atoms with van der Waals surface area (Å²) in [6.07, 6.45) is 4.25. The molecule has 0 amide bonds. The van der Waals surface area contributed by atoms with Crippen molar-refractivity contribution in [3.8, 4) is 0 Å². The third kappa shape index (κ3) is 0.978. The first-order chi connectivity index (χ1) is 5.81. The molecule has 0 unspecified atom stereocenters. The fraction of sp³-hybridized carbons (Fsp3) is 0.222. The second-order valence-electron chi connectivity index (χ2n) is 2.67. The predicted molar refractivity (Wildman–Crippen MR) is 44.5 cm³/mol. The number of fused-ring (bicyclic) bond motifs is 1. The van der Waals surface area contributed by atoms with Crippen LogP contribution in [-0.2, 0) is 6.42 Å². The van der Waals surface area contributed by atoms with E-state index < -0.39 is 0 Å². The maximum Gasteiger partial charge on any atom is 0.126 e. The molecule has 0 aliphatic rings. The summed E-state index contributed by atoms with van der Waals surface area (Å²) in [5, 5.41) is 0. The van der Waals surface area contributed by atoms with Crippen molar-refractivity contribution in [1.82, 2.24) is 9.38 Å². The smallest absolute Gasteiger partial charge is 0.126 e. The van der Waals surface area contributed by atoms with Crippen molar-refractivity contribution in [3.63, 3.8) is 0 Å². The van der Waals surface area contributed by atoms with Gasteiger partial charge in [0.15, 0.2) is 0 Å². The molecule has 0 saturated heterocycles. The SMILES string of the molecule is CCc1ncc2cc(F)ccn12. The highest BCUT2D eigenvalue weighted by Gasteiger charge is 2.00. The van der Waals surface area contributed by atoms with Gasteiger partial charge in [-0.1, -0.05) is 6.92 Å². The van der Waals surface area contributed by atoms with Crippen LogP contribution < -0.4 is 0 Å². The molecule has 0 atom stereocenters. The van der Waals surface area contributed by atoms with Gasteiger partial charge in [-0.25, -0.2) is 9.37 Å². The third-order valence-electron chi connectivity index (χ3n) is 1.89. The molecule has 0 fully saturated rings. The van der Waals surface area contributed by atoms with E-state index in [9.17, 15) is 4.39 Å². The molecule has 2 nitrogen and oxygen atoms in total. The van der Waals surface area contributed by atoms with Crippen LogP contribution in [0.1, 0.15) is 12.7 Å². The van der Waals surface area contributed by atoms with Crippen LogP contribution in [0.3, 0.4) is 0 Å². The summed E-state index contributed by atoms with van der Waals surface area (Å²) in [4.78, 5) is 4.15. The van der Waals surface area contributed by atoms with Crippen LogP contribution in [0.2, 0.25) is 0 Å². The molecule has 2 heterocycles. The largest absolute Gasteiger partial charge is 0.304 e. The van der Waals surface area contributed by atoms with Crippen LogP contribution in [-0.4, -0.2) is 9.38 Å². The first kappa shape index (κ1) is 7.28. The fourth-order valence-electron chi connectivity index (χ4n) is 1.29. The highest BCUT2D eigenvalue weighted by Crippen LogP contribution is 2.08. The van der Waals surface area contributed by atoms with E-state index in [1.165, 1.54) is 12.1 Å². The van der Waals surface area contributed by atoms with Crippen molar-refractivity contribution in [1.29, 1.82) is 0 Å². The van der Waals surface area contributed by atoms with Gasteiger partial charge >= 0.3 is 0 Å². The second kappa shape index (κ2) is 2.59. The summed E-state index contributed by atoms with van der Waals surface area (Å²) in [6.45, 7) is 2.03. The molecule has 0 aliphatic heterocycles. The lowest BCUT2D eigenvalue weighted by atomic mass is 10.4. The van der Waals surface area contributed by atoms with Gasteiger partial charge in [-0.3, -0.25) is 0 Å². The molecule has 0 saturated carbocycles. The van der Waals surface area contributed by atoms with Gasteiger partial charge in [0.05, 0.1) is 11.7 Å². The molecule has 0 bridgehead atoms. The zero-order valence-electron chi connectivity index (χ0n) is 6.79. The van der Waals surface area contributed by atoms with Gasteiger partial charge in [-0.15, -0.1) is 0 Å². The van der Waals surface area contributed by atoms with E-state index in [0.717, 1.165) is 17.8 Å². The van der Waals surface area contributed by atoms with Crippen LogP contribution in [0.25, 0.3) is 5.52 Å². The third-order valence-corrected chi connectivity index (χ3v) is 1.89. The molecular weight excluding hydrogens is 155 g/mol. The van der Waals surface area contributed by atoms with Gasteiger partial charge in [-0.05, 0) is 12.1 Å². The Morgan fingerprint density at radius 2 is 2.42 bits per heavy atom. The average molecular weight is 164 g/mol. The lowest BCUT2D eigenvalue weighted by molar-refractivity contribution is 0.626. The Bertz CT molecular complexity index is 406. The lowest BCUT2D eigenvalue weighted by Gasteiger charge is -1.96. The van der Waals surface area contributed by atoms with Crippen LogP contribution in [0.4, 0.5) is 4.39 Å². The summed E-state index contributed by atoms with van der Waals surface area (Å²) in [7, 11) is 0. The number of imidazole rings is 1. The average Bonchev–Trinajstić information content (AvgIpc) is 2.46. The van der Waals surface area contributed by atoms with E-state index in [-0.39, 0.29) is 5.82 Å². The topological polar surface area (TPSA) is 17.3 Å². The highest BCUT2D eigenvalue weighted by atomic mass is 19.1. The molecule has 0 spiro atoms.